The molecule has 9 heteroatoms. The van der Waals surface area contributed by atoms with E-state index in [0.717, 1.165) is 0 Å². The highest BCUT2D eigenvalue weighted by Gasteiger charge is 2.17. The van der Waals surface area contributed by atoms with Gasteiger partial charge in [-0.15, -0.1) is 0 Å². The van der Waals surface area contributed by atoms with Crippen molar-refractivity contribution >= 4 is 17.3 Å². The van der Waals surface area contributed by atoms with Crippen LogP contribution in [0, 0.1) is 0 Å². The summed E-state index contributed by atoms with van der Waals surface area (Å²) >= 11 is 0. The molecule has 0 spiro atoms. The van der Waals surface area contributed by atoms with Gasteiger partial charge in [-0.2, -0.15) is 0 Å². The summed E-state index contributed by atoms with van der Waals surface area (Å²) in [5.74, 6) is 0.586. The zero-order chi connectivity index (χ0) is 17.4. The SMILES string of the molecule is Cn1c(CCNC(=O)OC(C)(C)C)nc2c1c(=O)[nH]c(=O)n2C. The van der Waals surface area contributed by atoms with Crippen LogP contribution in [0.4, 0.5) is 4.79 Å². The van der Waals surface area contributed by atoms with Gasteiger partial charge >= 0.3 is 11.8 Å². The topological polar surface area (TPSA) is 111 Å². The van der Waals surface area contributed by atoms with Crippen molar-refractivity contribution in [3.05, 3.63) is 26.7 Å². The van der Waals surface area contributed by atoms with Gasteiger partial charge in [-0.1, -0.05) is 0 Å². The molecule has 1 amide bonds. The Morgan fingerprint density at radius 3 is 2.52 bits per heavy atom. The molecule has 0 aliphatic rings. The lowest BCUT2D eigenvalue weighted by Crippen LogP contribution is -2.33. The second kappa shape index (κ2) is 5.90. The second-order valence-corrected chi connectivity index (χ2v) is 6.26. The van der Waals surface area contributed by atoms with Gasteiger partial charge in [-0.3, -0.25) is 14.3 Å². The van der Waals surface area contributed by atoms with E-state index in [0.29, 0.717) is 30.0 Å². The van der Waals surface area contributed by atoms with E-state index in [1.807, 2.05) is 0 Å². The summed E-state index contributed by atoms with van der Waals surface area (Å²) < 4.78 is 8.04. The van der Waals surface area contributed by atoms with Crippen LogP contribution in [0.1, 0.15) is 26.6 Å². The number of aromatic amines is 1. The zero-order valence-electron chi connectivity index (χ0n) is 13.9. The van der Waals surface area contributed by atoms with Crippen molar-refractivity contribution in [2.24, 2.45) is 14.1 Å². The van der Waals surface area contributed by atoms with Gasteiger partial charge in [0.25, 0.3) is 5.56 Å². The largest absolute Gasteiger partial charge is 0.444 e. The maximum atomic E-state index is 11.9. The van der Waals surface area contributed by atoms with Crippen LogP contribution in [-0.2, 0) is 25.3 Å². The number of fused-ring (bicyclic) bond motifs is 1. The van der Waals surface area contributed by atoms with Crippen LogP contribution in [0.25, 0.3) is 11.2 Å². The van der Waals surface area contributed by atoms with Crippen molar-refractivity contribution in [2.75, 3.05) is 6.54 Å². The molecule has 2 aromatic rings. The molecule has 126 valence electrons. The summed E-state index contributed by atoms with van der Waals surface area (Å²) in [6.07, 6.45) is -0.112. The van der Waals surface area contributed by atoms with Crippen LogP contribution in [0.5, 0.6) is 0 Å². The van der Waals surface area contributed by atoms with Gasteiger partial charge in [0.15, 0.2) is 11.2 Å². The zero-order valence-corrected chi connectivity index (χ0v) is 13.9. The molecule has 0 atom stereocenters. The molecule has 0 saturated heterocycles. The van der Waals surface area contributed by atoms with Crippen molar-refractivity contribution in [2.45, 2.75) is 32.8 Å². The average Bonchev–Trinajstić information content (AvgIpc) is 2.72. The summed E-state index contributed by atoms with van der Waals surface area (Å²) in [5.41, 5.74) is -0.926. The Morgan fingerprint density at radius 2 is 1.91 bits per heavy atom. The third-order valence-corrected chi connectivity index (χ3v) is 3.24. The highest BCUT2D eigenvalue weighted by molar-refractivity contribution is 5.70. The minimum absolute atomic E-state index is 0.303. The highest BCUT2D eigenvalue weighted by Crippen LogP contribution is 2.09. The number of ether oxygens (including phenoxy) is 1. The number of amides is 1. The number of hydrogen-bond acceptors (Lipinski definition) is 5. The molecular formula is C14H21N5O4. The smallest absolute Gasteiger partial charge is 0.407 e. The minimum Gasteiger partial charge on any atom is -0.444 e. The number of aromatic nitrogens is 4. The van der Waals surface area contributed by atoms with E-state index in [1.54, 1.807) is 32.4 Å². The lowest BCUT2D eigenvalue weighted by atomic mass is 10.2. The lowest BCUT2D eigenvalue weighted by Gasteiger charge is -2.19. The molecular weight excluding hydrogens is 302 g/mol. The normalized spacial score (nSPS) is 11.7. The van der Waals surface area contributed by atoms with Crippen molar-refractivity contribution in [3.8, 4) is 0 Å². The molecule has 9 nitrogen and oxygen atoms in total. The van der Waals surface area contributed by atoms with Crippen LogP contribution in [-0.4, -0.2) is 37.3 Å². The van der Waals surface area contributed by atoms with Crippen molar-refractivity contribution in [3.63, 3.8) is 0 Å². The van der Waals surface area contributed by atoms with Gasteiger partial charge < -0.3 is 14.6 Å². The standard InChI is InChI=1S/C14H21N5O4/c1-14(2,3)23-13(22)15-7-6-8-16-10-9(18(8)4)11(20)17-12(21)19(10)5/h6-7H2,1-5H3,(H,15,22)(H,17,20,21). The fourth-order valence-corrected chi connectivity index (χ4v) is 2.17. The third kappa shape index (κ3) is 3.61. The van der Waals surface area contributed by atoms with Crippen molar-refractivity contribution in [1.29, 1.82) is 0 Å². The number of imidazole rings is 1. The molecule has 2 rings (SSSR count). The van der Waals surface area contributed by atoms with E-state index < -0.39 is 22.9 Å². The molecule has 2 N–H and O–H groups in total. The molecule has 0 radical (unpaired) electrons. The number of aryl methyl sites for hydroxylation is 2. The Balaban J connectivity index is 2.16. The molecule has 0 unspecified atom stereocenters. The quantitative estimate of drug-likeness (QED) is 0.827. The third-order valence-electron chi connectivity index (χ3n) is 3.24. The van der Waals surface area contributed by atoms with Gasteiger partial charge in [0.05, 0.1) is 0 Å². The maximum Gasteiger partial charge on any atom is 0.407 e. The summed E-state index contributed by atoms with van der Waals surface area (Å²) in [6, 6.07) is 0. The molecule has 2 heterocycles. The Labute approximate surface area is 132 Å². The van der Waals surface area contributed by atoms with E-state index in [-0.39, 0.29) is 0 Å². The van der Waals surface area contributed by atoms with Crippen LogP contribution in [0.2, 0.25) is 0 Å². The Morgan fingerprint density at radius 1 is 1.26 bits per heavy atom. The lowest BCUT2D eigenvalue weighted by molar-refractivity contribution is 0.0528. The summed E-state index contributed by atoms with van der Waals surface area (Å²) in [5, 5.41) is 2.63. The van der Waals surface area contributed by atoms with E-state index in [2.05, 4.69) is 15.3 Å². The predicted molar refractivity (Wildman–Crippen MR) is 84.5 cm³/mol. The first-order chi connectivity index (χ1) is 10.6. The number of hydrogen-bond donors (Lipinski definition) is 2. The van der Waals surface area contributed by atoms with Gasteiger partial charge in [-0.05, 0) is 20.8 Å². The van der Waals surface area contributed by atoms with Crippen LogP contribution >= 0.6 is 0 Å². The summed E-state index contributed by atoms with van der Waals surface area (Å²) in [4.78, 5) is 41.7. The maximum absolute atomic E-state index is 11.9. The molecule has 0 aliphatic carbocycles. The van der Waals surface area contributed by atoms with Gasteiger partial charge in [0.2, 0.25) is 0 Å². The van der Waals surface area contributed by atoms with Gasteiger partial charge in [0, 0.05) is 27.1 Å². The fraction of sp³-hybridized carbons (Fsp3) is 0.571. The molecule has 0 aromatic carbocycles. The van der Waals surface area contributed by atoms with Crippen LogP contribution < -0.4 is 16.6 Å². The molecule has 0 aliphatic heterocycles. The minimum atomic E-state index is -0.562. The summed E-state index contributed by atoms with van der Waals surface area (Å²) in [7, 11) is 3.23. The Hall–Kier alpha value is -2.58. The van der Waals surface area contributed by atoms with E-state index in [9.17, 15) is 14.4 Å². The number of nitrogens with zero attached hydrogens (tertiary/aromatic N) is 3. The number of alkyl carbamates (subject to hydrolysis) is 1. The predicted octanol–water partition coefficient (Wildman–Crippen LogP) is 0.0275. The van der Waals surface area contributed by atoms with Crippen LogP contribution in [0.15, 0.2) is 9.59 Å². The van der Waals surface area contributed by atoms with Crippen molar-refractivity contribution in [1.82, 2.24) is 24.4 Å². The fourth-order valence-electron chi connectivity index (χ4n) is 2.17. The van der Waals surface area contributed by atoms with E-state index >= 15 is 0 Å². The van der Waals surface area contributed by atoms with Crippen LogP contribution in [0.3, 0.4) is 0 Å². The first-order valence-corrected chi connectivity index (χ1v) is 7.21. The first kappa shape index (κ1) is 16.8. The number of carbonyl (C=O) groups excluding carboxylic acids is 1. The molecule has 23 heavy (non-hydrogen) atoms. The van der Waals surface area contributed by atoms with E-state index in [1.165, 1.54) is 11.6 Å². The Bertz CT molecular complexity index is 853. The number of nitrogens with one attached hydrogen (secondary N) is 2. The van der Waals surface area contributed by atoms with Gasteiger partial charge in [0.1, 0.15) is 11.4 Å². The van der Waals surface area contributed by atoms with Crippen molar-refractivity contribution < 1.29 is 9.53 Å². The monoisotopic (exact) mass is 323 g/mol. The van der Waals surface area contributed by atoms with Gasteiger partial charge in [-0.25, -0.2) is 14.6 Å². The number of carbonyl (C=O) groups is 1. The molecule has 2 aromatic heterocycles. The number of H-pyrrole nitrogens is 1. The van der Waals surface area contributed by atoms with E-state index in [4.69, 9.17) is 4.74 Å². The first-order valence-electron chi connectivity index (χ1n) is 7.21. The second-order valence-electron chi connectivity index (χ2n) is 6.26. The molecule has 0 fully saturated rings. The molecule has 0 bridgehead atoms. The average molecular weight is 323 g/mol. The Kier molecular flexibility index (Phi) is 4.31. The molecule has 0 saturated carbocycles. The highest BCUT2D eigenvalue weighted by atomic mass is 16.6. The summed E-state index contributed by atoms with van der Waals surface area (Å²) in [6.45, 7) is 5.65. The number of rotatable bonds is 3.